The second-order valence-electron chi connectivity index (χ2n) is 4.63. The second-order valence-corrected chi connectivity index (χ2v) is 4.63. The van der Waals surface area contributed by atoms with Gasteiger partial charge in [0.05, 0.1) is 6.61 Å². The Hall–Kier alpha value is -1.13. The fourth-order valence-corrected chi connectivity index (χ4v) is 2.03. The Balaban J connectivity index is 2.78. The standard InChI is InChI=1S/C14H23FN2O/c1-4-17(10-6-9-16(2)3)14-8-5-7-13(15)12(14)11-18/h5,7-8,18H,4,6,9-11H2,1-3H3. The predicted octanol–water partition coefficient (Wildman–Crippen LogP) is 2.10. The third kappa shape index (κ3) is 3.96. The van der Waals surface area contributed by atoms with Crippen molar-refractivity contribution in [2.24, 2.45) is 0 Å². The number of hydrogen-bond donors (Lipinski definition) is 1. The van der Waals surface area contributed by atoms with Crippen LogP contribution in [0.4, 0.5) is 10.1 Å². The highest BCUT2D eigenvalue weighted by atomic mass is 19.1. The van der Waals surface area contributed by atoms with Crippen molar-refractivity contribution in [3.63, 3.8) is 0 Å². The van der Waals surface area contributed by atoms with Crippen LogP contribution in [0.3, 0.4) is 0 Å². The minimum Gasteiger partial charge on any atom is -0.391 e. The Kier molecular flexibility index (Phi) is 6.09. The molecule has 4 heteroatoms. The molecule has 0 fully saturated rings. The van der Waals surface area contributed by atoms with Crippen LogP contribution in [0.5, 0.6) is 0 Å². The molecule has 0 aliphatic rings. The van der Waals surface area contributed by atoms with Gasteiger partial charge in [0.2, 0.25) is 0 Å². The summed E-state index contributed by atoms with van der Waals surface area (Å²) in [4.78, 5) is 4.24. The zero-order chi connectivity index (χ0) is 13.5. The van der Waals surface area contributed by atoms with Gasteiger partial charge in [0.25, 0.3) is 0 Å². The number of halogens is 1. The summed E-state index contributed by atoms with van der Waals surface area (Å²) in [5.41, 5.74) is 1.20. The lowest BCUT2D eigenvalue weighted by Gasteiger charge is -2.26. The summed E-state index contributed by atoms with van der Waals surface area (Å²) in [6, 6.07) is 4.95. The Morgan fingerprint density at radius 3 is 2.50 bits per heavy atom. The van der Waals surface area contributed by atoms with E-state index in [1.807, 2.05) is 27.1 Å². The smallest absolute Gasteiger partial charge is 0.130 e. The molecule has 0 saturated carbocycles. The second kappa shape index (κ2) is 7.34. The molecule has 0 aliphatic heterocycles. The van der Waals surface area contributed by atoms with Crippen molar-refractivity contribution in [3.05, 3.63) is 29.6 Å². The molecule has 0 heterocycles. The van der Waals surface area contributed by atoms with Crippen molar-refractivity contribution < 1.29 is 9.50 Å². The van der Waals surface area contributed by atoms with E-state index in [9.17, 15) is 9.50 Å². The minimum atomic E-state index is -0.332. The van der Waals surface area contributed by atoms with Crippen LogP contribution in [0.1, 0.15) is 18.9 Å². The minimum absolute atomic E-state index is 0.258. The van der Waals surface area contributed by atoms with E-state index in [2.05, 4.69) is 9.80 Å². The Morgan fingerprint density at radius 2 is 1.94 bits per heavy atom. The number of anilines is 1. The number of benzene rings is 1. The van der Waals surface area contributed by atoms with Gasteiger partial charge in [0, 0.05) is 24.3 Å². The van der Waals surface area contributed by atoms with Crippen LogP contribution in [0.2, 0.25) is 0 Å². The number of nitrogens with zero attached hydrogens (tertiary/aromatic N) is 2. The number of rotatable bonds is 7. The summed E-state index contributed by atoms with van der Waals surface area (Å²) in [5, 5.41) is 9.28. The van der Waals surface area contributed by atoms with E-state index in [0.717, 1.165) is 31.7 Å². The van der Waals surface area contributed by atoms with Gasteiger partial charge >= 0.3 is 0 Å². The zero-order valence-electron chi connectivity index (χ0n) is 11.5. The molecule has 1 N–H and O–H groups in total. The summed E-state index contributed by atoms with van der Waals surface area (Å²) >= 11 is 0. The Labute approximate surface area is 109 Å². The van der Waals surface area contributed by atoms with Crippen molar-refractivity contribution in [2.45, 2.75) is 20.0 Å². The summed E-state index contributed by atoms with van der Waals surface area (Å²) in [5.74, 6) is -0.332. The monoisotopic (exact) mass is 254 g/mol. The summed E-state index contributed by atoms with van der Waals surface area (Å²) in [6.07, 6.45) is 1.02. The van der Waals surface area contributed by atoms with Gasteiger partial charge in [-0.15, -0.1) is 0 Å². The lowest BCUT2D eigenvalue weighted by Crippen LogP contribution is -2.28. The maximum atomic E-state index is 13.6. The van der Waals surface area contributed by atoms with Crippen LogP contribution in [0.15, 0.2) is 18.2 Å². The molecule has 18 heavy (non-hydrogen) atoms. The zero-order valence-corrected chi connectivity index (χ0v) is 11.5. The molecule has 0 amide bonds. The van der Waals surface area contributed by atoms with Gasteiger partial charge in [-0.2, -0.15) is 0 Å². The van der Waals surface area contributed by atoms with Crippen LogP contribution in [0, 0.1) is 5.82 Å². The molecule has 3 nitrogen and oxygen atoms in total. The average molecular weight is 254 g/mol. The third-order valence-corrected chi connectivity index (χ3v) is 3.01. The summed E-state index contributed by atoms with van der Waals surface area (Å²) in [7, 11) is 4.08. The van der Waals surface area contributed by atoms with E-state index < -0.39 is 0 Å². The fourth-order valence-electron chi connectivity index (χ4n) is 2.03. The van der Waals surface area contributed by atoms with Gasteiger partial charge in [-0.1, -0.05) is 6.07 Å². The first-order valence-electron chi connectivity index (χ1n) is 6.38. The van der Waals surface area contributed by atoms with Crippen LogP contribution >= 0.6 is 0 Å². The van der Waals surface area contributed by atoms with Crippen molar-refractivity contribution >= 4 is 5.69 Å². The highest BCUT2D eigenvalue weighted by Gasteiger charge is 2.12. The molecule has 0 unspecified atom stereocenters. The van der Waals surface area contributed by atoms with Crippen LogP contribution in [-0.2, 0) is 6.61 Å². The quantitative estimate of drug-likeness (QED) is 0.807. The normalized spacial score (nSPS) is 11.0. The lowest BCUT2D eigenvalue weighted by atomic mass is 10.1. The highest BCUT2D eigenvalue weighted by Crippen LogP contribution is 2.23. The van der Waals surface area contributed by atoms with Gasteiger partial charge in [0.15, 0.2) is 0 Å². The largest absolute Gasteiger partial charge is 0.391 e. The van der Waals surface area contributed by atoms with E-state index in [4.69, 9.17) is 0 Å². The molecule has 1 aromatic rings. The number of aliphatic hydroxyl groups is 1. The first-order valence-corrected chi connectivity index (χ1v) is 6.38. The topological polar surface area (TPSA) is 26.7 Å². The van der Waals surface area contributed by atoms with Gasteiger partial charge in [-0.3, -0.25) is 0 Å². The van der Waals surface area contributed by atoms with Gasteiger partial charge in [0.1, 0.15) is 5.82 Å². The molecule has 1 rings (SSSR count). The van der Waals surface area contributed by atoms with Gasteiger partial charge < -0.3 is 14.9 Å². The molecule has 0 saturated heterocycles. The molecule has 0 aromatic heterocycles. The lowest BCUT2D eigenvalue weighted by molar-refractivity contribution is 0.276. The molecular weight excluding hydrogens is 231 g/mol. The summed E-state index contributed by atoms with van der Waals surface area (Å²) < 4.78 is 13.6. The van der Waals surface area contributed by atoms with E-state index in [1.54, 1.807) is 6.07 Å². The molecule has 0 spiro atoms. The van der Waals surface area contributed by atoms with Gasteiger partial charge in [-0.25, -0.2) is 4.39 Å². The van der Waals surface area contributed by atoms with Crippen LogP contribution < -0.4 is 4.90 Å². The van der Waals surface area contributed by atoms with E-state index in [-0.39, 0.29) is 12.4 Å². The first-order chi connectivity index (χ1) is 8.60. The third-order valence-electron chi connectivity index (χ3n) is 3.01. The maximum Gasteiger partial charge on any atom is 0.130 e. The fraction of sp³-hybridized carbons (Fsp3) is 0.571. The van der Waals surface area contributed by atoms with Crippen molar-refractivity contribution in [1.29, 1.82) is 0 Å². The molecular formula is C14H23FN2O. The molecule has 0 bridgehead atoms. The van der Waals surface area contributed by atoms with E-state index in [0.29, 0.717) is 5.56 Å². The molecule has 1 aromatic carbocycles. The predicted molar refractivity (Wildman–Crippen MR) is 73.4 cm³/mol. The van der Waals surface area contributed by atoms with Gasteiger partial charge in [-0.05, 0) is 46.1 Å². The first kappa shape index (κ1) is 14.9. The average Bonchev–Trinajstić information content (AvgIpc) is 2.34. The SMILES string of the molecule is CCN(CCCN(C)C)c1cccc(F)c1CO. The number of hydrogen-bond acceptors (Lipinski definition) is 3. The summed E-state index contributed by atoms with van der Waals surface area (Å²) in [6.45, 7) is 4.46. The Morgan fingerprint density at radius 1 is 1.22 bits per heavy atom. The molecule has 0 atom stereocenters. The molecule has 0 aliphatic carbocycles. The van der Waals surface area contributed by atoms with E-state index >= 15 is 0 Å². The molecule has 0 radical (unpaired) electrons. The van der Waals surface area contributed by atoms with Crippen molar-refractivity contribution in [2.75, 3.05) is 38.6 Å². The highest BCUT2D eigenvalue weighted by molar-refractivity contribution is 5.53. The van der Waals surface area contributed by atoms with Crippen molar-refractivity contribution in [1.82, 2.24) is 4.90 Å². The molecule has 102 valence electrons. The van der Waals surface area contributed by atoms with Crippen LogP contribution in [0.25, 0.3) is 0 Å². The maximum absolute atomic E-state index is 13.6. The van der Waals surface area contributed by atoms with Crippen molar-refractivity contribution in [3.8, 4) is 0 Å². The van der Waals surface area contributed by atoms with Crippen LogP contribution in [-0.4, -0.2) is 43.7 Å². The number of aliphatic hydroxyl groups excluding tert-OH is 1. The Bertz CT molecular complexity index is 369. The van der Waals surface area contributed by atoms with E-state index in [1.165, 1.54) is 6.07 Å².